The Morgan fingerprint density at radius 2 is 1.24 bits per heavy atom. The predicted molar refractivity (Wildman–Crippen MR) is 158 cm³/mol. The van der Waals surface area contributed by atoms with Crippen molar-refractivity contribution in [2.24, 2.45) is 5.73 Å². The molecule has 10 nitrogen and oxygen atoms in total. The third kappa shape index (κ3) is 13.7. The number of rotatable bonds is 8. The zero-order valence-corrected chi connectivity index (χ0v) is 24.9. The van der Waals surface area contributed by atoms with E-state index in [2.05, 4.69) is 5.32 Å². The van der Waals surface area contributed by atoms with Gasteiger partial charge in [-0.25, -0.2) is 0 Å². The second-order valence-electron chi connectivity index (χ2n) is 9.79. The Morgan fingerprint density at radius 1 is 0.805 bits per heavy atom. The summed E-state index contributed by atoms with van der Waals surface area (Å²) in [5.41, 5.74) is 9.13. The SMILES string of the molecule is Cc1ccc(S(=O)(=O)O)cc1.Cc1ccc(S(=O)(=O)O)cc1.NC(Cc1ccccc1)C(O)CNC1CCOCC1. The minimum atomic E-state index is -4.02. The van der Waals surface area contributed by atoms with E-state index in [1.54, 1.807) is 24.3 Å². The quantitative estimate of drug-likeness (QED) is 0.239. The number of hydrogen-bond acceptors (Lipinski definition) is 8. The molecule has 0 spiro atoms. The average Bonchev–Trinajstić information content (AvgIpc) is 2.93. The number of aliphatic hydroxyl groups excluding tert-OH is 1. The summed E-state index contributed by atoms with van der Waals surface area (Å²) < 4.78 is 64.4. The molecule has 6 N–H and O–H groups in total. The van der Waals surface area contributed by atoms with Crippen molar-refractivity contribution in [2.45, 2.75) is 61.1 Å². The minimum absolute atomic E-state index is 0.0666. The summed E-state index contributed by atoms with van der Waals surface area (Å²) in [5.74, 6) is 0. The lowest BCUT2D eigenvalue weighted by Gasteiger charge is -2.26. The largest absolute Gasteiger partial charge is 0.390 e. The number of nitrogens with two attached hydrogens (primary N) is 1. The fourth-order valence-corrected chi connectivity index (χ4v) is 4.74. The molecule has 1 saturated heterocycles. The van der Waals surface area contributed by atoms with Crippen molar-refractivity contribution in [1.82, 2.24) is 5.32 Å². The van der Waals surface area contributed by atoms with Crippen molar-refractivity contribution in [3.63, 3.8) is 0 Å². The number of aryl methyl sites for hydroxylation is 2. The molecule has 0 radical (unpaired) electrons. The molecular weight excluding hydrogens is 568 g/mol. The van der Waals surface area contributed by atoms with Gasteiger partial charge in [0.05, 0.1) is 15.9 Å². The minimum Gasteiger partial charge on any atom is -0.390 e. The maximum Gasteiger partial charge on any atom is 0.294 e. The van der Waals surface area contributed by atoms with Gasteiger partial charge in [-0.05, 0) is 62.9 Å². The van der Waals surface area contributed by atoms with Gasteiger partial charge >= 0.3 is 0 Å². The Kier molecular flexibility index (Phi) is 14.0. The predicted octanol–water partition coefficient (Wildman–Crippen LogP) is 3.17. The van der Waals surface area contributed by atoms with Crippen LogP contribution in [0.25, 0.3) is 0 Å². The van der Waals surface area contributed by atoms with E-state index in [4.69, 9.17) is 19.6 Å². The van der Waals surface area contributed by atoms with E-state index >= 15 is 0 Å². The molecule has 0 bridgehead atoms. The third-order valence-electron chi connectivity index (χ3n) is 6.28. The molecule has 0 aliphatic carbocycles. The van der Waals surface area contributed by atoms with Crippen molar-refractivity contribution in [2.75, 3.05) is 19.8 Å². The van der Waals surface area contributed by atoms with Crippen LogP contribution in [0.5, 0.6) is 0 Å². The highest BCUT2D eigenvalue weighted by Gasteiger charge is 2.18. The summed E-state index contributed by atoms with van der Waals surface area (Å²) >= 11 is 0. The first-order valence-corrected chi connectivity index (χ1v) is 16.0. The Balaban J connectivity index is 0.000000230. The van der Waals surface area contributed by atoms with Crippen LogP contribution in [-0.4, -0.2) is 69.0 Å². The van der Waals surface area contributed by atoms with E-state index in [-0.39, 0.29) is 15.8 Å². The topological polar surface area (TPSA) is 176 Å². The number of ether oxygens (including phenoxy) is 1. The first-order valence-electron chi connectivity index (χ1n) is 13.1. The summed E-state index contributed by atoms with van der Waals surface area (Å²) in [6, 6.07) is 22.3. The second-order valence-corrected chi connectivity index (χ2v) is 12.6. The third-order valence-corrected chi connectivity index (χ3v) is 8.02. The molecule has 226 valence electrons. The lowest BCUT2D eigenvalue weighted by molar-refractivity contribution is 0.0700. The van der Waals surface area contributed by atoms with Crippen LogP contribution in [0.1, 0.15) is 29.5 Å². The zero-order valence-electron chi connectivity index (χ0n) is 23.3. The summed E-state index contributed by atoms with van der Waals surface area (Å²) in [5, 5.41) is 13.5. The fourth-order valence-electron chi connectivity index (χ4n) is 3.78. The van der Waals surface area contributed by atoms with Gasteiger partial charge in [-0.1, -0.05) is 65.7 Å². The van der Waals surface area contributed by atoms with E-state index in [0.29, 0.717) is 19.0 Å². The number of nitrogens with one attached hydrogen (secondary N) is 1. The second kappa shape index (κ2) is 16.7. The molecule has 1 aliphatic heterocycles. The van der Waals surface area contributed by atoms with Crippen LogP contribution in [0.4, 0.5) is 0 Å². The summed E-state index contributed by atoms with van der Waals surface area (Å²) in [6.07, 6.45) is 2.22. The molecule has 3 aromatic carbocycles. The van der Waals surface area contributed by atoms with Gasteiger partial charge in [0.2, 0.25) is 0 Å². The molecule has 4 rings (SSSR count). The van der Waals surface area contributed by atoms with Crippen molar-refractivity contribution in [1.29, 1.82) is 0 Å². The van der Waals surface area contributed by atoms with Gasteiger partial charge < -0.3 is 20.9 Å². The Hall–Kier alpha value is -2.68. The highest BCUT2D eigenvalue weighted by molar-refractivity contribution is 7.86. The molecule has 0 amide bonds. The lowest BCUT2D eigenvalue weighted by atomic mass is 10.0. The van der Waals surface area contributed by atoms with Crippen LogP contribution < -0.4 is 11.1 Å². The van der Waals surface area contributed by atoms with Crippen molar-refractivity contribution < 1.29 is 35.8 Å². The maximum absolute atomic E-state index is 10.5. The molecule has 0 aromatic heterocycles. The monoisotopic (exact) mass is 608 g/mol. The summed E-state index contributed by atoms with van der Waals surface area (Å²) in [6.45, 7) is 5.86. The van der Waals surface area contributed by atoms with Gasteiger partial charge in [-0.15, -0.1) is 0 Å². The van der Waals surface area contributed by atoms with E-state index in [1.807, 2.05) is 44.2 Å². The van der Waals surface area contributed by atoms with Crippen molar-refractivity contribution in [3.05, 3.63) is 95.6 Å². The van der Waals surface area contributed by atoms with Crippen molar-refractivity contribution in [3.8, 4) is 0 Å². The molecule has 1 fully saturated rings. The average molecular weight is 609 g/mol. The highest BCUT2D eigenvalue weighted by atomic mass is 32.2. The molecule has 12 heteroatoms. The molecule has 1 heterocycles. The van der Waals surface area contributed by atoms with Gasteiger partial charge in [-0.2, -0.15) is 16.8 Å². The van der Waals surface area contributed by atoms with Crippen LogP contribution >= 0.6 is 0 Å². The Labute approximate surface area is 243 Å². The maximum atomic E-state index is 10.5. The normalized spacial score (nSPS) is 15.5. The van der Waals surface area contributed by atoms with Crippen molar-refractivity contribution >= 4 is 20.2 Å². The van der Waals surface area contributed by atoms with Crippen LogP contribution in [0, 0.1) is 13.8 Å². The molecular formula is C29H40N2O8S2. The molecule has 2 atom stereocenters. The van der Waals surface area contributed by atoms with Gasteiger partial charge in [0.25, 0.3) is 20.2 Å². The molecule has 3 aromatic rings. The standard InChI is InChI=1S/C15H24N2O2.2C7H8O3S/c16-14(10-12-4-2-1-3-5-12)15(18)11-17-13-6-8-19-9-7-13;2*1-6-2-4-7(5-3-6)11(8,9)10/h1-5,13-15,17-18H,6-11,16H2;2*2-5H,1H3,(H,8,9,10). The van der Waals surface area contributed by atoms with E-state index in [1.165, 1.54) is 29.8 Å². The van der Waals surface area contributed by atoms with Gasteiger partial charge in [0.15, 0.2) is 0 Å². The smallest absolute Gasteiger partial charge is 0.294 e. The van der Waals surface area contributed by atoms with Crippen LogP contribution in [0.3, 0.4) is 0 Å². The van der Waals surface area contributed by atoms with Gasteiger partial charge in [-0.3, -0.25) is 9.11 Å². The Bertz CT molecular complexity index is 1300. The highest BCUT2D eigenvalue weighted by Crippen LogP contribution is 2.10. The summed E-state index contributed by atoms with van der Waals surface area (Å²) in [7, 11) is -8.04. The van der Waals surface area contributed by atoms with Crippen LogP contribution in [0.15, 0.2) is 88.7 Å². The number of benzene rings is 3. The Morgan fingerprint density at radius 3 is 1.66 bits per heavy atom. The van der Waals surface area contributed by atoms with E-state index in [0.717, 1.165) is 37.2 Å². The van der Waals surface area contributed by atoms with E-state index in [9.17, 15) is 21.9 Å². The van der Waals surface area contributed by atoms with Crippen LogP contribution in [0.2, 0.25) is 0 Å². The molecule has 1 aliphatic rings. The summed E-state index contributed by atoms with van der Waals surface area (Å²) in [4.78, 5) is -0.133. The number of hydrogen-bond donors (Lipinski definition) is 5. The zero-order chi connectivity index (χ0) is 30.5. The van der Waals surface area contributed by atoms with Crippen LogP contribution in [-0.2, 0) is 31.4 Å². The lowest BCUT2D eigenvalue weighted by Crippen LogP contribution is -2.46. The molecule has 2 unspecified atom stereocenters. The number of aliphatic hydroxyl groups is 1. The van der Waals surface area contributed by atoms with Gasteiger partial charge in [0.1, 0.15) is 0 Å². The molecule has 0 saturated carbocycles. The molecule has 41 heavy (non-hydrogen) atoms. The van der Waals surface area contributed by atoms with Gasteiger partial charge in [0, 0.05) is 31.8 Å². The fraction of sp³-hybridized carbons (Fsp3) is 0.379. The first-order chi connectivity index (χ1) is 19.3. The first kappa shape index (κ1) is 34.5. The van der Waals surface area contributed by atoms with E-state index < -0.39 is 26.3 Å².